The minimum atomic E-state index is -0.410. The molecular weight excluding hydrogens is 275 g/mol. The summed E-state index contributed by atoms with van der Waals surface area (Å²) in [6.45, 7) is 2.42. The molecule has 2 N–H and O–H groups in total. The maximum Gasteiger partial charge on any atom is 0.410 e. The van der Waals surface area contributed by atoms with Crippen molar-refractivity contribution < 1.29 is 18.7 Å². The molecule has 0 radical (unpaired) electrons. The Kier molecular flexibility index (Phi) is 4.77. The lowest BCUT2D eigenvalue weighted by Crippen LogP contribution is -2.43. The molecule has 0 saturated carbocycles. The van der Waals surface area contributed by atoms with Crippen LogP contribution in [0.15, 0.2) is 24.3 Å². The minimum Gasteiger partial charge on any atom is -0.446 e. The first kappa shape index (κ1) is 15.3. The molecule has 0 aromatic heterocycles. The number of amides is 2. The van der Waals surface area contributed by atoms with Crippen LogP contribution in [-0.4, -0.2) is 29.5 Å². The third kappa shape index (κ3) is 3.93. The van der Waals surface area contributed by atoms with E-state index in [9.17, 15) is 14.0 Å². The van der Waals surface area contributed by atoms with Crippen molar-refractivity contribution in [2.24, 2.45) is 5.73 Å². The standard InChI is InChI=1S/C15H19FN2O3/c1-10(11-2-4-12(16)5-3-11)18-9-8-13(21-15(18)20)6-7-14(17)19/h2-5,10,13H,6-9H2,1H3,(H2,17,19). The normalized spacial score (nSPS) is 20.0. The van der Waals surface area contributed by atoms with Crippen molar-refractivity contribution in [2.45, 2.75) is 38.3 Å². The maximum atomic E-state index is 12.9. The Balaban J connectivity index is 1.95. The quantitative estimate of drug-likeness (QED) is 0.906. The summed E-state index contributed by atoms with van der Waals surface area (Å²) in [4.78, 5) is 24.4. The van der Waals surface area contributed by atoms with Crippen molar-refractivity contribution in [3.63, 3.8) is 0 Å². The summed E-state index contributed by atoms with van der Waals surface area (Å²) in [5.74, 6) is -0.702. The first-order valence-electron chi connectivity index (χ1n) is 6.98. The van der Waals surface area contributed by atoms with Crippen molar-refractivity contribution in [2.75, 3.05) is 6.54 Å². The lowest BCUT2D eigenvalue weighted by Gasteiger charge is -2.35. The van der Waals surface area contributed by atoms with Gasteiger partial charge in [0.1, 0.15) is 11.9 Å². The Morgan fingerprint density at radius 2 is 2.14 bits per heavy atom. The predicted molar refractivity (Wildman–Crippen MR) is 74.8 cm³/mol. The minimum absolute atomic E-state index is 0.185. The van der Waals surface area contributed by atoms with Crippen LogP contribution in [0.1, 0.15) is 37.8 Å². The lowest BCUT2D eigenvalue weighted by molar-refractivity contribution is -0.118. The van der Waals surface area contributed by atoms with Crippen LogP contribution in [0.2, 0.25) is 0 Å². The number of carbonyl (C=O) groups excluding carboxylic acids is 2. The van der Waals surface area contributed by atoms with Gasteiger partial charge in [0, 0.05) is 19.4 Å². The molecule has 1 aromatic carbocycles. The van der Waals surface area contributed by atoms with Crippen LogP contribution in [0.3, 0.4) is 0 Å². The average Bonchev–Trinajstić information content (AvgIpc) is 2.45. The number of carbonyl (C=O) groups is 2. The molecule has 2 unspecified atom stereocenters. The summed E-state index contributed by atoms with van der Waals surface area (Å²) < 4.78 is 18.2. The van der Waals surface area contributed by atoms with Gasteiger partial charge in [0.2, 0.25) is 5.91 Å². The topological polar surface area (TPSA) is 72.6 Å². The Morgan fingerprint density at radius 3 is 2.71 bits per heavy atom. The third-order valence-electron chi connectivity index (χ3n) is 3.73. The number of nitrogens with zero attached hydrogens (tertiary/aromatic N) is 1. The second kappa shape index (κ2) is 6.56. The van der Waals surface area contributed by atoms with Gasteiger partial charge < -0.3 is 15.4 Å². The predicted octanol–water partition coefficient (Wildman–Crippen LogP) is 2.36. The first-order valence-corrected chi connectivity index (χ1v) is 6.98. The van der Waals surface area contributed by atoms with Gasteiger partial charge in [0.25, 0.3) is 0 Å². The van der Waals surface area contributed by atoms with Gasteiger partial charge in [0.15, 0.2) is 0 Å². The summed E-state index contributed by atoms with van der Waals surface area (Å²) in [5.41, 5.74) is 5.94. The second-order valence-electron chi connectivity index (χ2n) is 5.22. The zero-order valence-electron chi connectivity index (χ0n) is 11.9. The largest absolute Gasteiger partial charge is 0.446 e. The van der Waals surface area contributed by atoms with E-state index in [2.05, 4.69) is 0 Å². The molecule has 2 amide bonds. The average molecular weight is 294 g/mol. The second-order valence-corrected chi connectivity index (χ2v) is 5.22. The van der Waals surface area contributed by atoms with Crippen LogP contribution in [0.25, 0.3) is 0 Å². The van der Waals surface area contributed by atoms with E-state index in [1.165, 1.54) is 12.1 Å². The number of hydrogen-bond donors (Lipinski definition) is 1. The van der Waals surface area contributed by atoms with E-state index in [0.717, 1.165) is 5.56 Å². The van der Waals surface area contributed by atoms with Gasteiger partial charge in [-0.2, -0.15) is 0 Å². The molecule has 0 bridgehead atoms. The number of benzene rings is 1. The molecule has 6 heteroatoms. The fourth-order valence-corrected chi connectivity index (χ4v) is 2.42. The van der Waals surface area contributed by atoms with Gasteiger partial charge in [-0.05, 0) is 31.0 Å². The fraction of sp³-hybridized carbons (Fsp3) is 0.467. The fourth-order valence-electron chi connectivity index (χ4n) is 2.42. The van der Waals surface area contributed by atoms with Crippen LogP contribution in [0, 0.1) is 5.82 Å². The molecule has 1 heterocycles. The molecule has 0 spiro atoms. The van der Waals surface area contributed by atoms with E-state index in [-0.39, 0.29) is 24.4 Å². The van der Waals surface area contributed by atoms with Crippen LogP contribution >= 0.6 is 0 Å². The Hall–Kier alpha value is -2.11. The highest BCUT2D eigenvalue weighted by molar-refractivity contribution is 5.74. The summed E-state index contributed by atoms with van der Waals surface area (Å²) in [5, 5.41) is 0. The molecule has 5 nitrogen and oxygen atoms in total. The summed E-state index contributed by atoms with van der Waals surface area (Å²) in [6.07, 6.45) is 0.657. The van der Waals surface area contributed by atoms with Crippen LogP contribution < -0.4 is 5.73 Å². The van der Waals surface area contributed by atoms with Gasteiger partial charge in [-0.15, -0.1) is 0 Å². The highest BCUT2D eigenvalue weighted by Crippen LogP contribution is 2.26. The van der Waals surface area contributed by atoms with E-state index in [1.807, 2.05) is 6.92 Å². The highest BCUT2D eigenvalue weighted by Gasteiger charge is 2.30. The maximum absolute atomic E-state index is 12.9. The number of cyclic esters (lactones) is 1. The van der Waals surface area contributed by atoms with E-state index in [1.54, 1.807) is 17.0 Å². The van der Waals surface area contributed by atoms with E-state index in [4.69, 9.17) is 10.5 Å². The van der Waals surface area contributed by atoms with Gasteiger partial charge in [-0.25, -0.2) is 9.18 Å². The van der Waals surface area contributed by atoms with Crippen molar-refractivity contribution >= 4 is 12.0 Å². The van der Waals surface area contributed by atoms with Crippen molar-refractivity contribution in [3.8, 4) is 0 Å². The van der Waals surface area contributed by atoms with Gasteiger partial charge >= 0.3 is 6.09 Å². The summed E-state index contributed by atoms with van der Waals surface area (Å²) in [6, 6.07) is 5.88. The van der Waals surface area contributed by atoms with E-state index < -0.39 is 12.0 Å². The molecule has 21 heavy (non-hydrogen) atoms. The number of halogens is 1. The van der Waals surface area contributed by atoms with E-state index in [0.29, 0.717) is 19.4 Å². The van der Waals surface area contributed by atoms with Gasteiger partial charge in [-0.1, -0.05) is 12.1 Å². The van der Waals surface area contributed by atoms with Crippen LogP contribution in [0.4, 0.5) is 9.18 Å². The van der Waals surface area contributed by atoms with Crippen LogP contribution in [0.5, 0.6) is 0 Å². The SMILES string of the molecule is CC(c1ccc(F)cc1)N1CCC(CCC(N)=O)OC1=O. The first-order chi connectivity index (χ1) is 9.97. The Labute approximate surface area is 122 Å². The summed E-state index contributed by atoms with van der Waals surface area (Å²) in [7, 11) is 0. The molecule has 1 aliphatic rings. The molecule has 2 rings (SSSR count). The summed E-state index contributed by atoms with van der Waals surface area (Å²) >= 11 is 0. The van der Waals surface area contributed by atoms with E-state index >= 15 is 0 Å². The third-order valence-corrected chi connectivity index (χ3v) is 3.73. The molecule has 0 aliphatic carbocycles. The lowest BCUT2D eigenvalue weighted by atomic mass is 10.0. The Morgan fingerprint density at radius 1 is 1.48 bits per heavy atom. The zero-order valence-corrected chi connectivity index (χ0v) is 11.9. The van der Waals surface area contributed by atoms with Crippen molar-refractivity contribution in [1.29, 1.82) is 0 Å². The molecule has 2 atom stereocenters. The molecule has 1 saturated heterocycles. The number of rotatable bonds is 5. The zero-order chi connectivity index (χ0) is 15.4. The highest BCUT2D eigenvalue weighted by atomic mass is 19.1. The molecule has 1 aliphatic heterocycles. The van der Waals surface area contributed by atoms with Gasteiger partial charge in [0.05, 0.1) is 6.04 Å². The molecule has 1 fully saturated rings. The smallest absolute Gasteiger partial charge is 0.410 e. The molecule has 1 aromatic rings. The van der Waals surface area contributed by atoms with Crippen molar-refractivity contribution in [3.05, 3.63) is 35.6 Å². The Bertz CT molecular complexity index is 518. The van der Waals surface area contributed by atoms with Crippen molar-refractivity contribution in [1.82, 2.24) is 4.90 Å². The monoisotopic (exact) mass is 294 g/mol. The van der Waals surface area contributed by atoms with Crippen LogP contribution in [-0.2, 0) is 9.53 Å². The molecule has 114 valence electrons. The number of hydrogen-bond acceptors (Lipinski definition) is 3. The van der Waals surface area contributed by atoms with Gasteiger partial charge in [-0.3, -0.25) is 4.79 Å². The molecular formula is C15H19FN2O3. The number of nitrogens with two attached hydrogens (primary N) is 1. The number of ether oxygens (including phenoxy) is 1. The number of primary amides is 1.